The van der Waals surface area contributed by atoms with Gasteiger partial charge in [0.15, 0.2) is 0 Å². The molecule has 6 heteroatoms. The summed E-state index contributed by atoms with van der Waals surface area (Å²) in [4.78, 5) is 30.0. The highest BCUT2D eigenvalue weighted by Gasteiger charge is 2.12. The Morgan fingerprint density at radius 1 is 1.75 bits per heavy atom. The summed E-state index contributed by atoms with van der Waals surface area (Å²) < 4.78 is 0.634. The van der Waals surface area contributed by atoms with E-state index in [0.717, 1.165) is 0 Å². The van der Waals surface area contributed by atoms with Crippen LogP contribution in [0.3, 0.4) is 0 Å². The van der Waals surface area contributed by atoms with Crippen LogP contribution in [0.1, 0.15) is 16.1 Å². The second-order valence-corrected chi connectivity index (χ2v) is 3.76. The number of hydroxylamine groups is 1. The van der Waals surface area contributed by atoms with Gasteiger partial charge in [0, 0.05) is 10.2 Å². The van der Waals surface area contributed by atoms with Crippen molar-refractivity contribution < 1.29 is 9.63 Å². The summed E-state index contributed by atoms with van der Waals surface area (Å²) in [6.07, 6.45) is 4.93. The smallest absolute Gasteiger partial charge is 0.280 e. The van der Waals surface area contributed by atoms with Crippen molar-refractivity contribution in [2.45, 2.75) is 6.92 Å². The lowest BCUT2D eigenvalue weighted by molar-refractivity contribution is 0.0436. The van der Waals surface area contributed by atoms with E-state index < -0.39 is 11.5 Å². The van der Waals surface area contributed by atoms with Gasteiger partial charge in [-0.05, 0) is 28.9 Å². The number of carbonyl (C=O) groups excluding carboxylic acids is 1. The van der Waals surface area contributed by atoms with E-state index in [0.29, 0.717) is 10.2 Å². The van der Waals surface area contributed by atoms with Crippen LogP contribution < -0.4 is 11.0 Å². The summed E-state index contributed by atoms with van der Waals surface area (Å²) in [6, 6.07) is 1.42. The zero-order valence-corrected chi connectivity index (χ0v) is 10.1. The topological polar surface area (TPSA) is 71.2 Å². The molecule has 0 fully saturated rings. The summed E-state index contributed by atoms with van der Waals surface area (Å²) in [5.41, 5.74) is 2.18. The average Bonchev–Trinajstić information content (AvgIpc) is 2.23. The fourth-order valence-electron chi connectivity index (χ4n) is 0.965. The molecule has 1 aromatic rings. The molecule has 0 radical (unpaired) electrons. The zero-order valence-electron chi connectivity index (χ0n) is 8.46. The molecule has 0 spiro atoms. The van der Waals surface area contributed by atoms with E-state index in [1.54, 1.807) is 6.92 Å². The number of aryl methyl sites for hydroxylation is 1. The number of aromatic amines is 1. The average molecular weight is 285 g/mol. The number of pyridine rings is 1. The second-order valence-electron chi connectivity index (χ2n) is 2.91. The number of H-pyrrole nitrogens is 1. The standard InChI is InChI=1S/C10H9BrN2O3/c1-3-4-16-13-10(15)7-5-8(11)6(2)12-9(7)14/h1,5H,4H2,2H3,(H,12,14)(H,13,15). The first-order valence-electron chi connectivity index (χ1n) is 4.31. The van der Waals surface area contributed by atoms with Crippen LogP contribution >= 0.6 is 15.9 Å². The van der Waals surface area contributed by atoms with E-state index in [9.17, 15) is 9.59 Å². The van der Waals surface area contributed by atoms with Crippen molar-refractivity contribution in [3.63, 3.8) is 0 Å². The molecule has 1 amide bonds. The highest BCUT2D eigenvalue weighted by molar-refractivity contribution is 9.10. The van der Waals surface area contributed by atoms with Gasteiger partial charge in [0.25, 0.3) is 11.5 Å². The molecular formula is C10H9BrN2O3. The molecule has 0 bridgehead atoms. The van der Waals surface area contributed by atoms with Gasteiger partial charge in [-0.15, -0.1) is 6.42 Å². The number of aromatic nitrogens is 1. The van der Waals surface area contributed by atoms with Gasteiger partial charge < -0.3 is 4.98 Å². The molecule has 0 saturated heterocycles. The Kier molecular flexibility index (Phi) is 4.28. The van der Waals surface area contributed by atoms with Crippen molar-refractivity contribution in [1.82, 2.24) is 10.5 Å². The number of nitrogens with one attached hydrogen (secondary N) is 2. The molecule has 0 aliphatic heterocycles. The number of terminal acetylenes is 1. The molecule has 0 aliphatic carbocycles. The van der Waals surface area contributed by atoms with Crippen molar-refractivity contribution in [2.75, 3.05) is 6.61 Å². The lowest BCUT2D eigenvalue weighted by Crippen LogP contribution is -2.30. The fraction of sp³-hybridized carbons (Fsp3) is 0.200. The molecule has 5 nitrogen and oxygen atoms in total. The summed E-state index contributed by atoms with van der Waals surface area (Å²) in [5.74, 6) is 1.54. The monoisotopic (exact) mass is 284 g/mol. The van der Waals surface area contributed by atoms with Gasteiger partial charge >= 0.3 is 0 Å². The van der Waals surface area contributed by atoms with E-state index in [-0.39, 0.29) is 12.2 Å². The molecule has 84 valence electrons. The molecule has 1 aromatic heterocycles. The third-order valence-electron chi connectivity index (χ3n) is 1.74. The fourth-order valence-corrected chi connectivity index (χ4v) is 1.29. The molecule has 1 rings (SSSR count). The highest BCUT2D eigenvalue weighted by atomic mass is 79.9. The number of hydrogen-bond acceptors (Lipinski definition) is 3. The number of amides is 1. The molecule has 0 atom stereocenters. The van der Waals surface area contributed by atoms with E-state index in [2.05, 4.69) is 37.2 Å². The van der Waals surface area contributed by atoms with Crippen molar-refractivity contribution in [3.8, 4) is 12.3 Å². The van der Waals surface area contributed by atoms with Crippen LogP contribution in [-0.2, 0) is 4.84 Å². The summed E-state index contributed by atoms with van der Waals surface area (Å²) in [7, 11) is 0. The van der Waals surface area contributed by atoms with Crippen LogP contribution in [0.5, 0.6) is 0 Å². The van der Waals surface area contributed by atoms with E-state index in [1.165, 1.54) is 6.07 Å². The lowest BCUT2D eigenvalue weighted by Gasteiger charge is -2.04. The van der Waals surface area contributed by atoms with E-state index in [1.807, 2.05) is 0 Å². The molecule has 0 aliphatic rings. The van der Waals surface area contributed by atoms with Crippen molar-refractivity contribution in [3.05, 3.63) is 32.2 Å². The normalized spacial score (nSPS) is 9.56. The molecular weight excluding hydrogens is 276 g/mol. The maximum absolute atomic E-state index is 11.5. The summed E-state index contributed by atoms with van der Waals surface area (Å²) in [6.45, 7) is 1.65. The Hall–Kier alpha value is -1.58. The number of halogens is 1. The predicted octanol–water partition coefficient (Wildman–Crippen LogP) is 0.740. The Bertz CT molecular complexity index is 502. The molecule has 0 saturated carbocycles. The largest absolute Gasteiger partial charge is 0.325 e. The van der Waals surface area contributed by atoms with Gasteiger partial charge in [-0.1, -0.05) is 5.92 Å². The number of hydrogen-bond donors (Lipinski definition) is 2. The minimum atomic E-state index is -0.641. The van der Waals surface area contributed by atoms with Crippen molar-refractivity contribution in [1.29, 1.82) is 0 Å². The summed E-state index contributed by atoms with van der Waals surface area (Å²) in [5, 5.41) is 0. The third-order valence-corrected chi connectivity index (χ3v) is 2.56. The van der Waals surface area contributed by atoms with Gasteiger partial charge in [-0.2, -0.15) is 0 Å². The number of rotatable bonds is 3. The first kappa shape index (κ1) is 12.5. The molecule has 0 aromatic carbocycles. The molecule has 16 heavy (non-hydrogen) atoms. The van der Waals surface area contributed by atoms with Crippen LogP contribution in [0.25, 0.3) is 0 Å². The minimum Gasteiger partial charge on any atom is -0.325 e. The maximum atomic E-state index is 11.5. The maximum Gasteiger partial charge on any atom is 0.280 e. The Morgan fingerprint density at radius 2 is 2.44 bits per heavy atom. The molecule has 0 unspecified atom stereocenters. The summed E-state index contributed by atoms with van der Waals surface area (Å²) >= 11 is 3.21. The van der Waals surface area contributed by atoms with Crippen LogP contribution in [0.4, 0.5) is 0 Å². The molecule has 1 heterocycles. The quantitative estimate of drug-likeness (QED) is 0.489. The van der Waals surface area contributed by atoms with E-state index >= 15 is 0 Å². The highest BCUT2D eigenvalue weighted by Crippen LogP contribution is 2.12. The van der Waals surface area contributed by atoms with Crippen molar-refractivity contribution >= 4 is 21.8 Å². The van der Waals surface area contributed by atoms with Crippen LogP contribution in [-0.4, -0.2) is 17.5 Å². The Balaban J connectivity index is 2.89. The Labute approximate surface area is 100 Å². The first-order valence-corrected chi connectivity index (χ1v) is 5.10. The predicted molar refractivity (Wildman–Crippen MR) is 61.8 cm³/mol. The van der Waals surface area contributed by atoms with Gasteiger partial charge in [0.2, 0.25) is 0 Å². The zero-order chi connectivity index (χ0) is 12.1. The SMILES string of the molecule is C#CCONC(=O)c1cc(Br)c(C)[nH]c1=O. The van der Waals surface area contributed by atoms with Crippen LogP contribution in [0.15, 0.2) is 15.3 Å². The van der Waals surface area contributed by atoms with Crippen molar-refractivity contribution in [2.24, 2.45) is 0 Å². The van der Waals surface area contributed by atoms with Gasteiger partial charge in [0.05, 0.1) is 0 Å². The lowest BCUT2D eigenvalue weighted by atomic mass is 10.2. The van der Waals surface area contributed by atoms with Gasteiger partial charge in [0.1, 0.15) is 12.2 Å². The third kappa shape index (κ3) is 2.95. The minimum absolute atomic E-state index is 0.0468. The van der Waals surface area contributed by atoms with Crippen LogP contribution in [0, 0.1) is 19.3 Å². The second kappa shape index (κ2) is 5.49. The van der Waals surface area contributed by atoms with Crippen LogP contribution in [0.2, 0.25) is 0 Å². The Morgan fingerprint density at radius 3 is 3.06 bits per heavy atom. The van der Waals surface area contributed by atoms with Gasteiger partial charge in [-0.25, -0.2) is 5.48 Å². The first-order chi connectivity index (χ1) is 7.56. The van der Waals surface area contributed by atoms with Gasteiger partial charge in [-0.3, -0.25) is 14.4 Å². The molecule has 2 N–H and O–H groups in total. The number of carbonyl (C=O) groups is 1. The van der Waals surface area contributed by atoms with E-state index in [4.69, 9.17) is 6.42 Å².